The van der Waals surface area contributed by atoms with Gasteiger partial charge in [0.2, 0.25) is 0 Å². The number of aryl methyl sites for hydroxylation is 1. The van der Waals surface area contributed by atoms with Crippen LogP contribution in [0.4, 0.5) is 13.2 Å². The van der Waals surface area contributed by atoms with Crippen molar-refractivity contribution in [1.82, 2.24) is 4.98 Å². The number of benzene rings is 1. The SMILES string of the molecule is Cc1[nH]c2c(F)c(F)c(F)cc2c(=O)c1CC(=O)O. The Hall–Kier alpha value is -2.31. The molecule has 2 N–H and O–H groups in total. The third-order valence-electron chi connectivity index (χ3n) is 2.77. The van der Waals surface area contributed by atoms with E-state index < -0.39 is 46.2 Å². The molecular formula is C12H8F3NO3. The molecule has 0 radical (unpaired) electrons. The van der Waals surface area contributed by atoms with Crippen LogP contribution in [0.2, 0.25) is 0 Å². The predicted molar refractivity (Wildman–Crippen MR) is 60.5 cm³/mol. The van der Waals surface area contributed by atoms with Crippen molar-refractivity contribution in [3.8, 4) is 0 Å². The van der Waals surface area contributed by atoms with Gasteiger partial charge in [0.25, 0.3) is 0 Å². The fraction of sp³-hybridized carbons (Fsp3) is 0.167. The summed E-state index contributed by atoms with van der Waals surface area (Å²) in [7, 11) is 0. The van der Waals surface area contributed by atoms with Gasteiger partial charge in [0, 0.05) is 11.3 Å². The molecule has 2 aromatic rings. The molecule has 19 heavy (non-hydrogen) atoms. The van der Waals surface area contributed by atoms with Crippen molar-refractivity contribution >= 4 is 16.9 Å². The number of rotatable bonds is 2. The first-order chi connectivity index (χ1) is 8.82. The first-order valence-corrected chi connectivity index (χ1v) is 5.23. The Morgan fingerprint density at radius 2 is 1.95 bits per heavy atom. The number of hydrogen-bond acceptors (Lipinski definition) is 2. The second kappa shape index (κ2) is 4.42. The average Bonchev–Trinajstić information content (AvgIpc) is 2.33. The number of carboxylic acid groups (broad SMARTS) is 1. The van der Waals surface area contributed by atoms with E-state index >= 15 is 0 Å². The molecular weight excluding hydrogens is 263 g/mol. The van der Waals surface area contributed by atoms with Crippen LogP contribution in [0.1, 0.15) is 11.3 Å². The number of aromatic amines is 1. The van der Waals surface area contributed by atoms with E-state index in [1.165, 1.54) is 6.92 Å². The van der Waals surface area contributed by atoms with Gasteiger partial charge in [-0.1, -0.05) is 0 Å². The molecule has 7 heteroatoms. The highest BCUT2D eigenvalue weighted by Crippen LogP contribution is 2.20. The van der Waals surface area contributed by atoms with Gasteiger partial charge in [-0.2, -0.15) is 0 Å². The smallest absolute Gasteiger partial charge is 0.308 e. The number of carboxylic acids is 1. The summed E-state index contributed by atoms with van der Waals surface area (Å²) in [6.45, 7) is 1.36. The van der Waals surface area contributed by atoms with E-state index in [4.69, 9.17) is 5.11 Å². The summed E-state index contributed by atoms with van der Waals surface area (Å²) in [4.78, 5) is 25.0. The monoisotopic (exact) mass is 271 g/mol. The van der Waals surface area contributed by atoms with Crippen LogP contribution in [0, 0.1) is 24.4 Å². The van der Waals surface area contributed by atoms with E-state index in [0.29, 0.717) is 6.07 Å². The number of nitrogens with one attached hydrogen (secondary N) is 1. The van der Waals surface area contributed by atoms with Gasteiger partial charge in [0.1, 0.15) is 0 Å². The topological polar surface area (TPSA) is 70.2 Å². The molecule has 0 aliphatic heterocycles. The van der Waals surface area contributed by atoms with Crippen molar-refractivity contribution in [3.63, 3.8) is 0 Å². The molecule has 0 aliphatic rings. The highest BCUT2D eigenvalue weighted by atomic mass is 19.2. The zero-order valence-electron chi connectivity index (χ0n) is 9.68. The number of pyridine rings is 1. The summed E-state index contributed by atoms with van der Waals surface area (Å²) in [5, 5.41) is 8.26. The van der Waals surface area contributed by atoms with Crippen LogP contribution in [-0.4, -0.2) is 16.1 Å². The molecule has 1 aromatic carbocycles. The Kier molecular flexibility index (Phi) is 3.05. The maximum atomic E-state index is 13.5. The number of H-pyrrole nitrogens is 1. The first kappa shape index (κ1) is 13.1. The molecule has 0 amide bonds. The Morgan fingerprint density at radius 3 is 2.53 bits per heavy atom. The third-order valence-corrected chi connectivity index (χ3v) is 2.77. The minimum absolute atomic E-state index is 0.102. The number of aromatic nitrogens is 1. The summed E-state index contributed by atoms with van der Waals surface area (Å²) in [5.41, 5.74) is -1.32. The van der Waals surface area contributed by atoms with Gasteiger partial charge in [-0.3, -0.25) is 9.59 Å². The van der Waals surface area contributed by atoms with Crippen LogP contribution in [0.3, 0.4) is 0 Å². The van der Waals surface area contributed by atoms with Crippen LogP contribution < -0.4 is 5.43 Å². The third kappa shape index (κ3) is 2.07. The van der Waals surface area contributed by atoms with Crippen molar-refractivity contribution in [2.24, 2.45) is 0 Å². The molecule has 0 unspecified atom stereocenters. The predicted octanol–water partition coefficient (Wildman–Crippen LogP) is 1.88. The summed E-state index contributed by atoms with van der Waals surface area (Å²) >= 11 is 0. The molecule has 0 saturated heterocycles. The van der Waals surface area contributed by atoms with Crippen molar-refractivity contribution in [2.45, 2.75) is 13.3 Å². The summed E-state index contributed by atoms with van der Waals surface area (Å²) < 4.78 is 39.7. The molecule has 0 atom stereocenters. The van der Waals surface area contributed by atoms with E-state index in [1.807, 2.05) is 0 Å². The Bertz CT molecular complexity index is 752. The number of hydrogen-bond donors (Lipinski definition) is 2. The van der Waals surface area contributed by atoms with Crippen LogP contribution >= 0.6 is 0 Å². The summed E-state index contributed by atoms with van der Waals surface area (Å²) in [6.07, 6.45) is -0.586. The van der Waals surface area contributed by atoms with Crippen LogP contribution in [0.15, 0.2) is 10.9 Å². The lowest BCUT2D eigenvalue weighted by atomic mass is 10.1. The largest absolute Gasteiger partial charge is 0.481 e. The van der Waals surface area contributed by atoms with E-state index in [-0.39, 0.29) is 11.3 Å². The van der Waals surface area contributed by atoms with Gasteiger partial charge in [0.15, 0.2) is 22.9 Å². The normalized spacial score (nSPS) is 10.9. The van der Waals surface area contributed by atoms with E-state index in [9.17, 15) is 22.8 Å². The number of aliphatic carboxylic acids is 1. The Morgan fingerprint density at radius 1 is 1.32 bits per heavy atom. The minimum atomic E-state index is -1.69. The molecule has 0 bridgehead atoms. The van der Waals surface area contributed by atoms with Crippen molar-refractivity contribution in [2.75, 3.05) is 0 Å². The number of halogens is 3. The molecule has 0 spiro atoms. The fourth-order valence-corrected chi connectivity index (χ4v) is 1.86. The molecule has 0 aliphatic carbocycles. The summed E-state index contributed by atoms with van der Waals surface area (Å²) in [5.74, 6) is -5.94. The van der Waals surface area contributed by atoms with E-state index in [2.05, 4.69) is 4.98 Å². The highest BCUT2D eigenvalue weighted by molar-refractivity contribution is 5.81. The van der Waals surface area contributed by atoms with E-state index in [1.54, 1.807) is 0 Å². The molecule has 0 fully saturated rings. The lowest BCUT2D eigenvalue weighted by molar-refractivity contribution is -0.136. The van der Waals surface area contributed by atoms with Gasteiger partial charge in [-0.05, 0) is 13.0 Å². The van der Waals surface area contributed by atoms with Gasteiger partial charge in [-0.25, -0.2) is 13.2 Å². The van der Waals surface area contributed by atoms with Crippen molar-refractivity contribution in [1.29, 1.82) is 0 Å². The standard InChI is InChI=1S/C12H8F3NO3/c1-4-5(3-8(17)18)12(19)6-2-7(13)9(14)10(15)11(6)16-4/h2H,3H2,1H3,(H,16,19)(H,17,18). The van der Waals surface area contributed by atoms with Gasteiger partial charge < -0.3 is 10.1 Å². The first-order valence-electron chi connectivity index (χ1n) is 5.23. The van der Waals surface area contributed by atoms with Crippen molar-refractivity contribution < 1.29 is 23.1 Å². The van der Waals surface area contributed by atoms with Crippen LogP contribution in [-0.2, 0) is 11.2 Å². The van der Waals surface area contributed by atoms with Gasteiger partial charge >= 0.3 is 5.97 Å². The molecule has 1 aromatic heterocycles. The van der Waals surface area contributed by atoms with E-state index in [0.717, 1.165) is 0 Å². The molecule has 1 heterocycles. The second-order valence-electron chi connectivity index (χ2n) is 4.04. The van der Waals surface area contributed by atoms with Crippen LogP contribution in [0.25, 0.3) is 10.9 Å². The molecule has 100 valence electrons. The maximum Gasteiger partial charge on any atom is 0.308 e. The van der Waals surface area contributed by atoms with Crippen molar-refractivity contribution in [3.05, 3.63) is 45.0 Å². The van der Waals surface area contributed by atoms with Crippen LogP contribution in [0.5, 0.6) is 0 Å². The van der Waals surface area contributed by atoms with Gasteiger partial charge in [0.05, 0.1) is 17.3 Å². The van der Waals surface area contributed by atoms with Gasteiger partial charge in [-0.15, -0.1) is 0 Å². The Labute approximate surface area is 104 Å². The maximum absolute atomic E-state index is 13.5. The second-order valence-corrected chi connectivity index (χ2v) is 4.04. The average molecular weight is 271 g/mol. The summed E-state index contributed by atoms with van der Waals surface area (Å²) in [6, 6.07) is 0.553. The molecule has 4 nitrogen and oxygen atoms in total. The number of carbonyl (C=O) groups is 1. The lowest BCUT2D eigenvalue weighted by Crippen LogP contribution is -2.18. The fourth-order valence-electron chi connectivity index (χ4n) is 1.86. The highest BCUT2D eigenvalue weighted by Gasteiger charge is 2.19. The Balaban J connectivity index is 2.89. The zero-order chi connectivity index (χ0) is 14.3. The quantitative estimate of drug-likeness (QED) is 0.819. The minimum Gasteiger partial charge on any atom is -0.481 e. The number of fused-ring (bicyclic) bond motifs is 1. The zero-order valence-corrected chi connectivity index (χ0v) is 9.68. The lowest BCUT2D eigenvalue weighted by Gasteiger charge is -2.07. The molecule has 0 saturated carbocycles. The molecule has 2 rings (SSSR count).